The van der Waals surface area contributed by atoms with Crippen LogP contribution >= 0.6 is 11.3 Å². The number of aromatic nitrogens is 3. The minimum atomic E-state index is 0.838. The van der Waals surface area contributed by atoms with Gasteiger partial charge < -0.3 is 4.90 Å². The second-order valence-corrected chi connectivity index (χ2v) is 11.5. The molecule has 0 N–H and O–H groups in total. The molecule has 192 valence electrons. The quantitative estimate of drug-likeness (QED) is 0.482. The fraction of sp³-hybridized carbons (Fsp3) is 0.571. The van der Waals surface area contributed by atoms with Crippen LogP contribution in [0.15, 0.2) is 48.7 Å². The summed E-state index contributed by atoms with van der Waals surface area (Å²) in [7, 11) is 0. The van der Waals surface area contributed by atoms with E-state index in [9.17, 15) is 0 Å². The predicted octanol–water partition coefficient (Wildman–Crippen LogP) is 4.10. The second kappa shape index (κ2) is 11.4. The Hall–Kier alpha value is -2.26. The lowest BCUT2D eigenvalue weighted by Gasteiger charge is -2.40. The number of hydrogen-bond acceptors (Lipinski definition) is 7. The average Bonchev–Trinajstić information content (AvgIpc) is 3.61. The van der Waals surface area contributed by atoms with Crippen LogP contribution in [0.25, 0.3) is 5.13 Å². The minimum absolute atomic E-state index is 0.838. The third-order valence-corrected chi connectivity index (χ3v) is 9.20. The molecule has 2 aliphatic heterocycles. The van der Waals surface area contributed by atoms with Gasteiger partial charge in [0, 0.05) is 83.4 Å². The van der Waals surface area contributed by atoms with Gasteiger partial charge in [0.1, 0.15) is 0 Å². The molecule has 8 heteroatoms. The van der Waals surface area contributed by atoms with Crippen molar-refractivity contribution in [2.75, 3.05) is 57.3 Å². The predicted molar refractivity (Wildman–Crippen MR) is 147 cm³/mol. The molecule has 0 atom stereocenters. The summed E-state index contributed by atoms with van der Waals surface area (Å²) in [5.41, 5.74) is 2.70. The molecule has 0 unspecified atom stereocenters. The minimum Gasteiger partial charge on any atom is -0.344 e. The zero-order chi connectivity index (χ0) is 24.2. The van der Waals surface area contributed by atoms with Crippen LogP contribution in [-0.2, 0) is 13.1 Å². The topological polar surface area (TPSA) is 43.7 Å². The fourth-order valence-corrected chi connectivity index (χ4v) is 6.98. The van der Waals surface area contributed by atoms with Crippen molar-refractivity contribution in [1.29, 1.82) is 0 Å². The zero-order valence-corrected chi connectivity index (χ0v) is 22.2. The van der Waals surface area contributed by atoms with Gasteiger partial charge in [-0.2, -0.15) is 0 Å². The third-order valence-electron chi connectivity index (χ3n) is 8.22. The van der Waals surface area contributed by atoms with Crippen molar-refractivity contribution in [3.63, 3.8) is 0 Å². The Balaban J connectivity index is 1.02. The Labute approximate surface area is 219 Å². The summed E-state index contributed by atoms with van der Waals surface area (Å²) in [5.74, 6) is 0. The molecule has 3 fully saturated rings. The Morgan fingerprint density at radius 1 is 0.694 bits per heavy atom. The molecular formula is C28H39N7S. The first-order chi connectivity index (χ1) is 17.8. The molecule has 1 aromatic carbocycles. The Bertz CT molecular complexity index is 1070. The summed E-state index contributed by atoms with van der Waals surface area (Å²) in [6.45, 7) is 10.9. The van der Waals surface area contributed by atoms with Gasteiger partial charge >= 0.3 is 0 Å². The molecule has 7 nitrogen and oxygen atoms in total. The van der Waals surface area contributed by atoms with Crippen molar-refractivity contribution in [2.24, 2.45) is 0 Å². The maximum atomic E-state index is 4.60. The molecule has 1 saturated carbocycles. The van der Waals surface area contributed by atoms with Crippen LogP contribution in [0.3, 0.4) is 0 Å². The lowest BCUT2D eigenvalue weighted by molar-refractivity contribution is 0.0747. The Kier molecular flexibility index (Phi) is 7.65. The highest BCUT2D eigenvalue weighted by Crippen LogP contribution is 2.27. The van der Waals surface area contributed by atoms with Gasteiger partial charge in [0.2, 0.25) is 10.3 Å². The monoisotopic (exact) mass is 505 g/mol. The zero-order valence-electron chi connectivity index (χ0n) is 21.3. The van der Waals surface area contributed by atoms with E-state index in [-0.39, 0.29) is 0 Å². The lowest BCUT2D eigenvalue weighted by atomic mass is 9.94. The van der Waals surface area contributed by atoms with E-state index >= 15 is 0 Å². The number of hydrogen-bond donors (Lipinski definition) is 0. The molecule has 0 amide bonds. The standard InChI is InChI=1S/C28H39N7S/c1-3-8-24(9-4-1)22-31-16-20-34(21-17-31)27-29-30-28(36-27)35-13-7-12-26(35)23-32-14-18-33(19-15-32)25-10-5-2-6-11-25/h1,3-4,7-9,12-13,25H,2,5-6,10-11,14-23H2. The summed E-state index contributed by atoms with van der Waals surface area (Å²) >= 11 is 1.72. The molecule has 2 saturated heterocycles. The lowest BCUT2D eigenvalue weighted by Crippen LogP contribution is -2.50. The van der Waals surface area contributed by atoms with Crippen molar-refractivity contribution in [3.05, 3.63) is 59.9 Å². The average molecular weight is 506 g/mol. The molecule has 36 heavy (non-hydrogen) atoms. The highest BCUT2D eigenvalue weighted by molar-refractivity contribution is 7.17. The summed E-state index contributed by atoms with van der Waals surface area (Å²) in [5, 5.41) is 11.2. The molecule has 0 bridgehead atoms. The van der Waals surface area contributed by atoms with Crippen molar-refractivity contribution in [2.45, 2.75) is 51.2 Å². The fourth-order valence-electron chi connectivity index (χ4n) is 6.07. The van der Waals surface area contributed by atoms with Crippen molar-refractivity contribution in [3.8, 4) is 5.13 Å². The first kappa shape index (κ1) is 24.1. The van der Waals surface area contributed by atoms with E-state index in [1.807, 2.05) is 0 Å². The highest BCUT2D eigenvalue weighted by Gasteiger charge is 2.26. The van der Waals surface area contributed by atoms with Gasteiger partial charge in [-0.05, 0) is 30.5 Å². The molecule has 4 heterocycles. The number of benzene rings is 1. The van der Waals surface area contributed by atoms with Crippen molar-refractivity contribution >= 4 is 16.5 Å². The molecule has 2 aromatic heterocycles. The molecular weight excluding hydrogens is 466 g/mol. The second-order valence-electron chi connectivity index (χ2n) is 10.6. The molecule has 3 aliphatic rings. The van der Waals surface area contributed by atoms with E-state index in [0.717, 1.165) is 68.7 Å². The summed E-state index contributed by atoms with van der Waals surface area (Å²) in [4.78, 5) is 10.3. The normalized spacial score (nSPS) is 21.3. The third kappa shape index (κ3) is 5.67. The molecule has 6 rings (SSSR count). The van der Waals surface area contributed by atoms with Gasteiger partial charge in [-0.15, -0.1) is 10.2 Å². The first-order valence-electron chi connectivity index (χ1n) is 13.8. The SMILES string of the molecule is c1ccc(CN2CCN(c3nnc(-n4cccc4CN4CCN(C5CCCCC5)CC4)s3)CC2)cc1. The van der Waals surface area contributed by atoms with E-state index in [1.54, 1.807) is 11.3 Å². The van der Waals surface area contributed by atoms with Crippen LogP contribution < -0.4 is 4.90 Å². The van der Waals surface area contributed by atoms with Crippen LogP contribution in [0.2, 0.25) is 0 Å². The molecule has 0 radical (unpaired) electrons. The van der Waals surface area contributed by atoms with Gasteiger partial charge in [0.25, 0.3) is 0 Å². The summed E-state index contributed by atoms with van der Waals surface area (Å²) in [6.07, 6.45) is 9.24. The summed E-state index contributed by atoms with van der Waals surface area (Å²) < 4.78 is 2.25. The van der Waals surface area contributed by atoms with E-state index in [4.69, 9.17) is 0 Å². The van der Waals surface area contributed by atoms with Crippen LogP contribution in [0.4, 0.5) is 5.13 Å². The van der Waals surface area contributed by atoms with Crippen LogP contribution in [0, 0.1) is 0 Å². The number of anilines is 1. The number of rotatable bonds is 7. The molecule has 1 aliphatic carbocycles. The largest absolute Gasteiger partial charge is 0.344 e. The smallest absolute Gasteiger partial charge is 0.218 e. The van der Waals surface area contributed by atoms with E-state index in [0.29, 0.717) is 0 Å². The summed E-state index contributed by atoms with van der Waals surface area (Å²) in [6, 6.07) is 16.0. The van der Waals surface area contributed by atoms with Gasteiger partial charge in [0.05, 0.1) is 0 Å². The number of nitrogens with zero attached hydrogens (tertiary/aromatic N) is 7. The van der Waals surface area contributed by atoms with Gasteiger partial charge in [-0.25, -0.2) is 0 Å². The maximum absolute atomic E-state index is 4.60. The highest BCUT2D eigenvalue weighted by atomic mass is 32.1. The van der Waals surface area contributed by atoms with Gasteiger partial charge in [-0.3, -0.25) is 19.3 Å². The van der Waals surface area contributed by atoms with Crippen LogP contribution in [0.5, 0.6) is 0 Å². The Morgan fingerprint density at radius 2 is 1.39 bits per heavy atom. The Morgan fingerprint density at radius 3 is 2.17 bits per heavy atom. The van der Waals surface area contributed by atoms with Crippen LogP contribution in [-0.4, -0.2) is 87.9 Å². The van der Waals surface area contributed by atoms with E-state index in [1.165, 1.54) is 56.5 Å². The molecule has 0 spiro atoms. The number of piperazine rings is 2. The van der Waals surface area contributed by atoms with Gasteiger partial charge in [-0.1, -0.05) is 60.9 Å². The maximum Gasteiger partial charge on any atom is 0.218 e. The van der Waals surface area contributed by atoms with Crippen molar-refractivity contribution < 1.29 is 0 Å². The van der Waals surface area contributed by atoms with Crippen LogP contribution in [0.1, 0.15) is 43.4 Å². The van der Waals surface area contributed by atoms with Crippen molar-refractivity contribution in [1.82, 2.24) is 29.5 Å². The molecule has 3 aromatic rings. The first-order valence-corrected chi connectivity index (χ1v) is 14.6. The van der Waals surface area contributed by atoms with E-state index < -0.39 is 0 Å². The van der Waals surface area contributed by atoms with E-state index in [2.05, 4.69) is 83.0 Å². The van der Waals surface area contributed by atoms with Gasteiger partial charge in [0.15, 0.2) is 0 Å².